The van der Waals surface area contributed by atoms with Crippen LogP contribution in [0.5, 0.6) is 5.88 Å². The molecule has 0 unspecified atom stereocenters. The fraction of sp³-hybridized carbons (Fsp3) is 0.360. The molecule has 4 heterocycles. The highest BCUT2D eigenvalue weighted by molar-refractivity contribution is 5.75. The number of nitrogens with zero attached hydrogens (tertiary/aromatic N) is 2. The van der Waals surface area contributed by atoms with E-state index in [0.717, 1.165) is 46.6 Å². The van der Waals surface area contributed by atoms with Crippen molar-refractivity contribution in [1.29, 1.82) is 0 Å². The van der Waals surface area contributed by atoms with E-state index in [9.17, 15) is 4.79 Å². The number of fused-ring (bicyclic) bond motifs is 3. The summed E-state index contributed by atoms with van der Waals surface area (Å²) in [6, 6.07) is 12.0. The van der Waals surface area contributed by atoms with Crippen LogP contribution in [0.1, 0.15) is 16.7 Å². The lowest BCUT2D eigenvalue weighted by atomic mass is 9.91. The normalized spacial score (nSPS) is 17.7. The molecule has 0 saturated carbocycles. The van der Waals surface area contributed by atoms with Crippen LogP contribution in [-0.2, 0) is 22.4 Å². The maximum Gasteiger partial charge on any atom is 0.197 e. The highest BCUT2D eigenvalue weighted by Gasteiger charge is 2.24. The zero-order valence-corrected chi connectivity index (χ0v) is 17.9. The van der Waals surface area contributed by atoms with Crippen LogP contribution in [-0.4, -0.2) is 42.1 Å². The van der Waals surface area contributed by atoms with Gasteiger partial charge >= 0.3 is 0 Å². The summed E-state index contributed by atoms with van der Waals surface area (Å²) >= 11 is 0. The quantitative estimate of drug-likeness (QED) is 0.649. The molecule has 0 bridgehead atoms. The zero-order chi connectivity index (χ0) is 21.4. The lowest BCUT2D eigenvalue weighted by Crippen LogP contribution is -2.34. The Morgan fingerprint density at radius 1 is 1.19 bits per heavy atom. The maximum atomic E-state index is 12.7. The molecule has 31 heavy (non-hydrogen) atoms. The van der Waals surface area contributed by atoms with Gasteiger partial charge < -0.3 is 18.8 Å². The second kappa shape index (κ2) is 8.29. The van der Waals surface area contributed by atoms with Gasteiger partial charge in [0.05, 0.1) is 31.2 Å². The van der Waals surface area contributed by atoms with Crippen molar-refractivity contribution in [3.8, 4) is 28.4 Å². The Bertz CT molecular complexity index is 1180. The lowest BCUT2D eigenvalue weighted by Gasteiger charge is -2.28. The Morgan fingerprint density at radius 2 is 2.10 bits per heavy atom. The molecule has 0 radical (unpaired) electrons. The van der Waals surface area contributed by atoms with Gasteiger partial charge in [0.25, 0.3) is 0 Å². The van der Waals surface area contributed by atoms with Gasteiger partial charge in [0.2, 0.25) is 0 Å². The first-order valence-electron chi connectivity index (χ1n) is 10.7. The van der Waals surface area contributed by atoms with E-state index in [-0.39, 0.29) is 11.5 Å². The largest absolute Gasteiger partial charge is 0.476 e. The van der Waals surface area contributed by atoms with Gasteiger partial charge in [-0.05, 0) is 43.5 Å². The van der Waals surface area contributed by atoms with Gasteiger partial charge in [0, 0.05) is 35.5 Å². The highest BCUT2D eigenvalue weighted by Crippen LogP contribution is 2.36. The molecule has 0 aliphatic carbocycles. The molecular weight excluding hydrogens is 392 g/mol. The van der Waals surface area contributed by atoms with E-state index >= 15 is 0 Å². The number of pyridine rings is 2. The maximum absolute atomic E-state index is 12.7. The molecule has 1 atom stereocenters. The number of benzene rings is 1. The third kappa shape index (κ3) is 3.77. The molecule has 0 spiro atoms. The van der Waals surface area contributed by atoms with Crippen molar-refractivity contribution in [1.82, 2.24) is 9.55 Å². The summed E-state index contributed by atoms with van der Waals surface area (Å²) in [7, 11) is 0. The minimum absolute atomic E-state index is 0.0143. The molecule has 0 N–H and O–H groups in total. The van der Waals surface area contributed by atoms with E-state index in [1.54, 1.807) is 6.07 Å². The number of ether oxygens (including phenoxy) is 3. The molecule has 160 valence electrons. The van der Waals surface area contributed by atoms with E-state index in [2.05, 4.69) is 40.7 Å². The number of aryl methyl sites for hydroxylation is 2. The van der Waals surface area contributed by atoms with Crippen molar-refractivity contribution in [3.05, 3.63) is 69.5 Å². The molecule has 0 amide bonds. The molecule has 5 rings (SSSR count). The topological polar surface area (TPSA) is 62.6 Å². The van der Waals surface area contributed by atoms with Crippen molar-refractivity contribution in [2.75, 3.05) is 26.4 Å². The lowest BCUT2D eigenvalue weighted by molar-refractivity contribution is -0.102. The van der Waals surface area contributed by atoms with Gasteiger partial charge in [-0.25, -0.2) is 0 Å². The van der Waals surface area contributed by atoms with Crippen LogP contribution >= 0.6 is 0 Å². The molecule has 2 aromatic heterocycles. The molecule has 1 aromatic carbocycles. The van der Waals surface area contributed by atoms with Crippen molar-refractivity contribution in [2.24, 2.45) is 0 Å². The fourth-order valence-corrected chi connectivity index (χ4v) is 4.43. The molecule has 1 saturated heterocycles. The van der Waals surface area contributed by atoms with Crippen LogP contribution in [0.4, 0.5) is 0 Å². The van der Waals surface area contributed by atoms with Crippen molar-refractivity contribution in [3.63, 3.8) is 0 Å². The molecule has 6 nitrogen and oxygen atoms in total. The number of hydrogen-bond donors (Lipinski definition) is 0. The molecular formula is C25H26N2O4. The van der Waals surface area contributed by atoms with Crippen LogP contribution < -0.4 is 10.2 Å². The SMILES string of the molecule is Cc1cccnc1-c1ccc2c(c1)CCn1c(OC[C@@H]3COCCO3)cc(=O)c(C)c1-2. The molecule has 2 aliphatic rings. The van der Waals surface area contributed by atoms with E-state index in [4.69, 9.17) is 14.2 Å². The first kappa shape index (κ1) is 20.0. The average Bonchev–Trinajstić information content (AvgIpc) is 2.80. The predicted molar refractivity (Wildman–Crippen MR) is 119 cm³/mol. The average molecular weight is 418 g/mol. The van der Waals surface area contributed by atoms with Gasteiger partial charge in [-0.2, -0.15) is 0 Å². The fourth-order valence-electron chi connectivity index (χ4n) is 4.43. The van der Waals surface area contributed by atoms with Gasteiger partial charge in [0.15, 0.2) is 11.3 Å². The van der Waals surface area contributed by atoms with E-state index in [1.807, 2.05) is 19.2 Å². The van der Waals surface area contributed by atoms with Crippen LogP contribution in [0.2, 0.25) is 0 Å². The third-order valence-electron chi connectivity index (χ3n) is 6.07. The zero-order valence-electron chi connectivity index (χ0n) is 17.9. The van der Waals surface area contributed by atoms with Crippen molar-refractivity contribution < 1.29 is 14.2 Å². The second-order valence-electron chi connectivity index (χ2n) is 8.14. The number of aromatic nitrogens is 2. The summed E-state index contributed by atoms with van der Waals surface area (Å²) in [5.41, 5.74) is 7.23. The van der Waals surface area contributed by atoms with E-state index in [0.29, 0.717) is 32.3 Å². The predicted octanol–water partition coefficient (Wildman–Crippen LogP) is 3.54. The third-order valence-corrected chi connectivity index (χ3v) is 6.07. The van der Waals surface area contributed by atoms with Gasteiger partial charge in [-0.3, -0.25) is 9.78 Å². The Labute approximate surface area is 181 Å². The Hall–Kier alpha value is -2.96. The summed E-state index contributed by atoms with van der Waals surface area (Å²) in [5.74, 6) is 0.593. The van der Waals surface area contributed by atoms with Crippen LogP contribution in [0.3, 0.4) is 0 Å². The molecule has 3 aromatic rings. The van der Waals surface area contributed by atoms with Crippen LogP contribution in [0, 0.1) is 13.8 Å². The minimum atomic E-state index is -0.110. The smallest absolute Gasteiger partial charge is 0.197 e. The van der Waals surface area contributed by atoms with Gasteiger partial charge in [-0.15, -0.1) is 0 Å². The summed E-state index contributed by atoms with van der Waals surface area (Å²) < 4.78 is 19.3. The van der Waals surface area contributed by atoms with Crippen molar-refractivity contribution in [2.45, 2.75) is 32.9 Å². The second-order valence-corrected chi connectivity index (χ2v) is 8.14. The van der Waals surface area contributed by atoms with Crippen molar-refractivity contribution >= 4 is 0 Å². The summed E-state index contributed by atoms with van der Waals surface area (Å²) in [6.45, 7) is 6.80. The minimum Gasteiger partial charge on any atom is -0.476 e. The Kier molecular flexibility index (Phi) is 5.34. The summed E-state index contributed by atoms with van der Waals surface area (Å²) in [4.78, 5) is 17.3. The first-order valence-corrected chi connectivity index (χ1v) is 10.7. The highest BCUT2D eigenvalue weighted by atomic mass is 16.6. The van der Waals surface area contributed by atoms with E-state index < -0.39 is 0 Å². The molecule has 2 aliphatic heterocycles. The molecule has 6 heteroatoms. The Balaban J connectivity index is 1.51. The number of hydrogen-bond acceptors (Lipinski definition) is 5. The standard InChI is InChI=1S/C25H26N2O4/c1-16-4-3-8-26-24(16)19-5-6-21-18(12-19)7-9-27-23(13-22(28)17(2)25(21)27)31-15-20-14-29-10-11-30-20/h3-6,8,12-13,20H,7,9-11,14-15H2,1-2H3/t20-/m0/s1. The van der Waals surface area contributed by atoms with Gasteiger partial charge in [-0.1, -0.05) is 18.2 Å². The first-order chi connectivity index (χ1) is 15.1. The van der Waals surface area contributed by atoms with Gasteiger partial charge in [0.1, 0.15) is 12.7 Å². The summed E-state index contributed by atoms with van der Waals surface area (Å²) in [6.07, 6.45) is 2.58. The monoisotopic (exact) mass is 418 g/mol. The molecule has 1 fully saturated rings. The van der Waals surface area contributed by atoms with Crippen LogP contribution in [0.25, 0.3) is 22.5 Å². The van der Waals surface area contributed by atoms with E-state index in [1.165, 1.54) is 5.56 Å². The summed E-state index contributed by atoms with van der Waals surface area (Å²) in [5, 5.41) is 0. The number of rotatable bonds is 4. The van der Waals surface area contributed by atoms with Crippen LogP contribution in [0.15, 0.2) is 47.4 Å². The Morgan fingerprint density at radius 3 is 2.90 bits per heavy atom.